The highest BCUT2D eigenvalue weighted by molar-refractivity contribution is 9.10. The molecule has 5 nitrogen and oxygen atoms in total. The van der Waals surface area contributed by atoms with Crippen molar-refractivity contribution in [2.24, 2.45) is 7.05 Å². The van der Waals surface area contributed by atoms with Gasteiger partial charge in [0.2, 0.25) is 5.88 Å². The number of hydrogen-bond donors (Lipinski definition) is 0. The third kappa shape index (κ3) is 2.76. The van der Waals surface area contributed by atoms with Gasteiger partial charge in [-0.1, -0.05) is 0 Å². The molecule has 0 amide bonds. The Balaban J connectivity index is 2.14. The number of aryl methyl sites for hydroxylation is 1. The highest BCUT2D eigenvalue weighted by Crippen LogP contribution is 2.14. The van der Waals surface area contributed by atoms with Gasteiger partial charge in [-0.3, -0.25) is 9.78 Å². The number of carbonyl (C=O) groups is 1. The minimum absolute atomic E-state index is 0.0799. The first kappa shape index (κ1) is 12.8. The van der Waals surface area contributed by atoms with Gasteiger partial charge in [0.15, 0.2) is 5.78 Å². The second-order valence-corrected chi connectivity index (χ2v) is 4.68. The van der Waals surface area contributed by atoms with E-state index in [9.17, 15) is 4.79 Å². The van der Waals surface area contributed by atoms with Crippen molar-refractivity contribution >= 4 is 21.7 Å². The number of hydrogen-bond acceptors (Lipinski definition) is 4. The van der Waals surface area contributed by atoms with E-state index in [1.807, 2.05) is 12.1 Å². The monoisotopic (exact) mass is 309 g/mol. The SMILES string of the molecule is COc1cc(C(=O)Cc2ccc(Br)cn2)nn1C. The minimum Gasteiger partial charge on any atom is -0.481 e. The fourth-order valence-electron chi connectivity index (χ4n) is 1.54. The molecule has 2 aromatic rings. The van der Waals surface area contributed by atoms with Crippen molar-refractivity contribution in [2.45, 2.75) is 6.42 Å². The molecule has 2 heterocycles. The topological polar surface area (TPSA) is 57.0 Å². The average Bonchev–Trinajstić information content (AvgIpc) is 2.73. The Hall–Kier alpha value is -1.69. The Morgan fingerprint density at radius 3 is 2.83 bits per heavy atom. The summed E-state index contributed by atoms with van der Waals surface area (Å²) in [6.07, 6.45) is 1.90. The molecular formula is C12H12BrN3O2. The van der Waals surface area contributed by atoms with Crippen molar-refractivity contribution in [1.29, 1.82) is 0 Å². The summed E-state index contributed by atoms with van der Waals surface area (Å²) in [7, 11) is 3.27. The predicted octanol–water partition coefficient (Wildman–Crippen LogP) is 2.01. The van der Waals surface area contributed by atoms with Gasteiger partial charge in [-0.05, 0) is 28.1 Å². The molecule has 0 spiro atoms. The Morgan fingerprint density at radius 1 is 1.50 bits per heavy atom. The van der Waals surface area contributed by atoms with Gasteiger partial charge in [-0.2, -0.15) is 5.10 Å². The van der Waals surface area contributed by atoms with Crippen LogP contribution in [0.25, 0.3) is 0 Å². The summed E-state index contributed by atoms with van der Waals surface area (Å²) in [6, 6.07) is 5.29. The number of aromatic nitrogens is 3. The minimum atomic E-state index is -0.0799. The number of ether oxygens (including phenoxy) is 1. The Kier molecular flexibility index (Phi) is 3.76. The predicted molar refractivity (Wildman–Crippen MR) is 69.7 cm³/mol. The molecule has 2 aromatic heterocycles. The largest absolute Gasteiger partial charge is 0.481 e. The number of nitrogens with zero attached hydrogens (tertiary/aromatic N) is 3. The Morgan fingerprint density at radius 2 is 2.28 bits per heavy atom. The van der Waals surface area contributed by atoms with Gasteiger partial charge in [-0.25, -0.2) is 4.68 Å². The van der Waals surface area contributed by atoms with Crippen LogP contribution in [0.4, 0.5) is 0 Å². The molecule has 0 saturated carbocycles. The maximum atomic E-state index is 12.0. The van der Waals surface area contributed by atoms with Crippen LogP contribution in [0.1, 0.15) is 16.2 Å². The van der Waals surface area contributed by atoms with Crippen molar-refractivity contribution in [3.8, 4) is 5.88 Å². The van der Waals surface area contributed by atoms with Gasteiger partial charge in [0, 0.05) is 29.5 Å². The number of pyridine rings is 1. The van der Waals surface area contributed by atoms with Gasteiger partial charge in [0.05, 0.1) is 13.5 Å². The van der Waals surface area contributed by atoms with Crippen molar-refractivity contribution < 1.29 is 9.53 Å². The van der Waals surface area contributed by atoms with Gasteiger partial charge >= 0.3 is 0 Å². The van der Waals surface area contributed by atoms with E-state index in [1.54, 1.807) is 26.4 Å². The van der Waals surface area contributed by atoms with Crippen LogP contribution in [0.2, 0.25) is 0 Å². The molecule has 0 N–H and O–H groups in total. The molecule has 0 aromatic carbocycles. The van der Waals surface area contributed by atoms with Crippen LogP contribution < -0.4 is 4.74 Å². The molecule has 0 saturated heterocycles. The third-order valence-corrected chi connectivity index (χ3v) is 2.93. The molecule has 0 aliphatic heterocycles. The van der Waals surface area contributed by atoms with Crippen LogP contribution in [0.5, 0.6) is 5.88 Å². The van der Waals surface area contributed by atoms with Crippen molar-refractivity contribution in [1.82, 2.24) is 14.8 Å². The van der Waals surface area contributed by atoms with E-state index in [0.717, 1.165) is 4.47 Å². The van der Waals surface area contributed by atoms with Crippen LogP contribution in [0.3, 0.4) is 0 Å². The second-order valence-electron chi connectivity index (χ2n) is 3.76. The van der Waals surface area contributed by atoms with Crippen molar-refractivity contribution in [2.75, 3.05) is 7.11 Å². The molecule has 0 fully saturated rings. The van der Waals surface area contributed by atoms with E-state index in [-0.39, 0.29) is 12.2 Å². The molecule has 0 bridgehead atoms. The van der Waals surface area contributed by atoms with Gasteiger partial charge in [0.25, 0.3) is 0 Å². The van der Waals surface area contributed by atoms with E-state index in [4.69, 9.17) is 4.74 Å². The average molecular weight is 310 g/mol. The summed E-state index contributed by atoms with van der Waals surface area (Å²) in [5.41, 5.74) is 1.10. The maximum Gasteiger partial charge on any atom is 0.211 e. The van der Waals surface area contributed by atoms with E-state index in [1.165, 1.54) is 4.68 Å². The summed E-state index contributed by atoms with van der Waals surface area (Å²) in [5, 5.41) is 4.10. The third-order valence-electron chi connectivity index (χ3n) is 2.46. The number of carbonyl (C=O) groups excluding carboxylic acids is 1. The van der Waals surface area contributed by atoms with Crippen LogP contribution in [-0.4, -0.2) is 27.7 Å². The van der Waals surface area contributed by atoms with Crippen molar-refractivity contribution in [3.63, 3.8) is 0 Å². The first-order chi connectivity index (χ1) is 8.60. The number of halogens is 1. The molecule has 0 unspecified atom stereocenters. The molecule has 0 radical (unpaired) electrons. The zero-order chi connectivity index (χ0) is 13.1. The van der Waals surface area contributed by atoms with Crippen LogP contribution in [0.15, 0.2) is 28.9 Å². The lowest BCUT2D eigenvalue weighted by Crippen LogP contribution is -2.06. The number of rotatable bonds is 4. The molecule has 0 atom stereocenters. The zero-order valence-electron chi connectivity index (χ0n) is 10.1. The summed E-state index contributed by atoms with van der Waals surface area (Å²) < 4.78 is 7.49. The lowest BCUT2D eigenvalue weighted by atomic mass is 10.1. The van der Waals surface area contributed by atoms with E-state index < -0.39 is 0 Å². The fourth-order valence-corrected chi connectivity index (χ4v) is 1.78. The highest BCUT2D eigenvalue weighted by atomic mass is 79.9. The molecule has 0 aliphatic carbocycles. The lowest BCUT2D eigenvalue weighted by Gasteiger charge is -1.97. The van der Waals surface area contributed by atoms with Gasteiger partial charge < -0.3 is 4.74 Å². The standard InChI is InChI=1S/C12H12BrN3O2/c1-16-12(18-2)6-10(15-16)11(17)5-9-4-3-8(13)7-14-9/h3-4,6-7H,5H2,1-2H3. The molecule has 2 rings (SSSR count). The quantitative estimate of drug-likeness (QED) is 0.811. The van der Waals surface area contributed by atoms with E-state index in [0.29, 0.717) is 17.3 Å². The summed E-state index contributed by atoms with van der Waals surface area (Å²) in [4.78, 5) is 16.2. The summed E-state index contributed by atoms with van der Waals surface area (Å²) in [6.45, 7) is 0. The van der Waals surface area contributed by atoms with Gasteiger partial charge in [0.1, 0.15) is 5.69 Å². The second kappa shape index (κ2) is 5.30. The van der Waals surface area contributed by atoms with Crippen molar-refractivity contribution in [3.05, 3.63) is 40.3 Å². The molecule has 6 heteroatoms. The fraction of sp³-hybridized carbons (Fsp3) is 0.250. The summed E-state index contributed by atoms with van der Waals surface area (Å²) in [5.74, 6) is 0.478. The maximum absolute atomic E-state index is 12.0. The summed E-state index contributed by atoms with van der Waals surface area (Å²) >= 11 is 3.30. The molecule has 0 aliphatic rings. The van der Waals surface area contributed by atoms with Gasteiger partial charge in [-0.15, -0.1) is 0 Å². The lowest BCUT2D eigenvalue weighted by molar-refractivity contribution is 0.0986. The van der Waals surface area contributed by atoms with E-state index >= 15 is 0 Å². The molecular weight excluding hydrogens is 298 g/mol. The number of Topliss-reactive ketones (excluding diaryl/α,β-unsaturated/α-hetero) is 1. The smallest absolute Gasteiger partial charge is 0.211 e. The van der Waals surface area contributed by atoms with Crippen LogP contribution in [0, 0.1) is 0 Å². The number of ketones is 1. The van der Waals surface area contributed by atoms with Crippen LogP contribution >= 0.6 is 15.9 Å². The Labute approximate surface area is 113 Å². The first-order valence-electron chi connectivity index (χ1n) is 5.32. The van der Waals surface area contributed by atoms with Crippen LogP contribution in [-0.2, 0) is 13.5 Å². The Bertz CT molecular complexity index is 563. The normalized spacial score (nSPS) is 10.4. The molecule has 94 valence electrons. The molecule has 18 heavy (non-hydrogen) atoms. The zero-order valence-corrected chi connectivity index (χ0v) is 11.6. The van der Waals surface area contributed by atoms with E-state index in [2.05, 4.69) is 26.0 Å². The number of methoxy groups -OCH3 is 1. The highest BCUT2D eigenvalue weighted by Gasteiger charge is 2.14. The first-order valence-corrected chi connectivity index (χ1v) is 6.11.